The lowest BCUT2D eigenvalue weighted by Gasteiger charge is -2.48. The number of hydrogen-bond donors (Lipinski definition) is 0. The van der Waals surface area contributed by atoms with Crippen LogP contribution >= 0.6 is 0 Å². The zero-order chi connectivity index (χ0) is 21.5. The summed E-state index contributed by atoms with van der Waals surface area (Å²) in [5.74, 6) is 0.341. The van der Waals surface area contributed by atoms with Crippen molar-refractivity contribution in [3.8, 4) is 0 Å². The van der Waals surface area contributed by atoms with Crippen LogP contribution in [0.1, 0.15) is 28.8 Å². The average molecular weight is 422 g/mol. The molecule has 4 aromatic carbocycles. The molecule has 2 aliphatic rings. The number of benzene rings is 4. The topological polar surface area (TPSA) is 29.5 Å². The zero-order valence-corrected chi connectivity index (χ0v) is 18.1. The third-order valence-corrected chi connectivity index (χ3v) is 7.28. The molecule has 4 aromatic rings. The van der Waals surface area contributed by atoms with Crippen molar-refractivity contribution < 1.29 is 9.53 Å². The molecular weight excluding hydrogens is 394 g/mol. The predicted molar refractivity (Wildman–Crippen MR) is 129 cm³/mol. The van der Waals surface area contributed by atoms with E-state index in [1.807, 2.05) is 6.07 Å². The Bertz CT molecular complexity index is 1270. The number of nitrogens with zero attached hydrogens (tertiary/aromatic N) is 1. The standard InChI is InChI=1S/C29H27NO2/c31-29(28-16-21-10-4-5-11-25(21)26-12-6-7-13-27(26)28)22-14-23-18-32-19-24(15-22)30(23)17-20-8-2-1-3-9-20/h1-13,16,22-24H,14-15,17-19H2. The second-order valence-corrected chi connectivity index (χ2v) is 9.23. The molecule has 2 heterocycles. The Morgan fingerprint density at radius 1 is 0.781 bits per heavy atom. The van der Waals surface area contributed by atoms with Gasteiger partial charge in [-0.05, 0) is 46.0 Å². The summed E-state index contributed by atoms with van der Waals surface area (Å²) in [5.41, 5.74) is 2.20. The van der Waals surface area contributed by atoms with Crippen LogP contribution in [0.2, 0.25) is 0 Å². The Balaban J connectivity index is 1.33. The smallest absolute Gasteiger partial charge is 0.166 e. The van der Waals surface area contributed by atoms with E-state index in [-0.39, 0.29) is 5.92 Å². The van der Waals surface area contributed by atoms with Gasteiger partial charge in [0, 0.05) is 30.1 Å². The van der Waals surface area contributed by atoms with Crippen molar-refractivity contribution >= 4 is 27.3 Å². The maximum absolute atomic E-state index is 13.9. The quantitative estimate of drug-likeness (QED) is 0.306. The van der Waals surface area contributed by atoms with E-state index in [9.17, 15) is 4.79 Å². The molecule has 3 heteroatoms. The largest absolute Gasteiger partial charge is 0.378 e. The van der Waals surface area contributed by atoms with Crippen molar-refractivity contribution in [3.05, 3.63) is 96.1 Å². The Kier molecular flexibility index (Phi) is 5.01. The molecule has 0 spiro atoms. The van der Waals surface area contributed by atoms with E-state index >= 15 is 0 Å². The van der Waals surface area contributed by atoms with Gasteiger partial charge in [-0.25, -0.2) is 0 Å². The Morgan fingerprint density at radius 3 is 2.16 bits per heavy atom. The lowest BCUT2D eigenvalue weighted by molar-refractivity contribution is -0.0872. The number of fused-ring (bicyclic) bond motifs is 5. The summed E-state index contributed by atoms with van der Waals surface area (Å²) in [6.07, 6.45) is 1.73. The Labute approximate surface area is 188 Å². The van der Waals surface area contributed by atoms with E-state index in [0.717, 1.165) is 35.7 Å². The first-order valence-electron chi connectivity index (χ1n) is 11.6. The van der Waals surface area contributed by atoms with Crippen LogP contribution in [-0.2, 0) is 11.3 Å². The summed E-state index contributed by atoms with van der Waals surface area (Å²) in [5, 5.41) is 4.59. The van der Waals surface area contributed by atoms with E-state index in [0.29, 0.717) is 31.1 Å². The molecular formula is C29H27NO2. The van der Waals surface area contributed by atoms with Gasteiger partial charge in [0.15, 0.2) is 5.78 Å². The first-order chi connectivity index (χ1) is 15.8. The SMILES string of the molecule is O=C(c1cc2ccccc2c2ccccc12)C1CC2COCC(C1)N2Cc1ccccc1. The number of carbonyl (C=O) groups excluding carboxylic acids is 1. The first-order valence-corrected chi connectivity index (χ1v) is 11.6. The lowest BCUT2D eigenvalue weighted by atomic mass is 9.79. The molecule has 0 radical (unpaired) electrons. The van der Waals surface area contributed by atoms with Gasteiger partial charge in [0.2, 0.25) is 0 Å². The Hall–Kier alpha value is -3.01. The molecule has 2 atom stereocenters. The highest BCUT2D eigenvalue weighted by Gasteiger charge is 2.41. The van der Waals surface area contributed by atoms with Gasteiger partial charge in [0.05, 0.1) is 13.2 Å². The number of Topliss-reactive ketones (excluding diaryl/α,β-unsaturated/α-hetero) is 1. The van der Waals surface area contributed by atoms with E-state index in [1.54, 1.807) is 0 Å². The Morgan fingerprint density at radius 2 is 1.41 bits per heavy atom. The number of carbonyl (C=O) groups is 1. The summed E-state index contributed by atoms with van der Waals surface area (Å²) < 4.78 is 5.91. The predicted octanol–water partition coefficient (Wildman–Crippen LogP) is 5.86. The molecule has 160 valence electrons. The minimum Gasteiger partial charge on any atom is -0.378 e. The lowest BCUT2D eigenvalue weighted by Crippen LogP contribution is -2.57. The second-order valence-electron chi connectivity index (χ2n) is 9.23. The van der Waals surface area contributed by atoms with Gasteiger partial charge >= 0.3 is 0 Å². The van der Waals surface area contributed by atoms with Crippen LogP contribution in [0.5, 0.6) is 0 Å². The average Bonchev–Trinajstić information content (AvgIpc) is 2.83. The number of hydrogen-bond acceptors (Lipinski definition) is 3. The second kappa shape index (κ2) is 8.16. The fourth-order valence-electron chi connectivity index (χ4n) is 5.73. The van der Waals surface area contributed by atoms with Gasteiger partial charge in [0.1, 0.15) is 0 Å². The summed E-state index contributed by atoms with van der Waals surface area (Å²) >= 11 is 0. The van der Waals surface area contributed by atoms with Gasteiger partial charge in [-0.2, -0.15) is 0 Å². The number of ether oxygens (including phenoxy) is 1. The number of piperidine rings is 1. The van der Waals surface area contributed by atoms with Crippen molar-refractivity contribution in [1.82, 2.24) is 4.90 Å². The van der Waals surface area contributed by atoms with Crippen LogP contribution in [0.15, 0.2) is 84.9 Å². The van der Waals surface area contributed by atoms with Crippen molar-refractivity contribution in [2.75, 3.05) is 13.2 Å². The highest BCUT2D eigenvalue weighted by Crippen LogP contribution is 2.37. The fraction of sp³-hybridized carbons (Fsp3) is 0.276. The summed E-state index contributed by atoms with van der Waals surface area (Å²) in [7, 11) is 0. The van der Waals surface area contributed by atoms with Gasteiger partial charge < -0.3 is 4.74 Å². The molecule has 2 unspecified atom stereocenters. The van der Waals surface area contributed by atoms with Crippen LogP contribution in [0.25, 0.3) is 21.5 Å². The summed E-state index contributed by atoms with van der Waals surface area (Å²) in [6.45, 7) is 2.36. The highest BCUT2D eigenvalue weighted by atomic mass is 16.5. The molecule has 6 rings (SSSR count). The fourth-order valence-corrected chi connectivity index (χ4v) is 5.73. The molecule has 2 aliphatic heterocycles. The minimum atomic E-state index is 0.0468. The van der Waals surface area contributed by atoms with E-state index in [4.69, 9.17) is 4.74 Å². The van der Waals surface area contributed by atoms with Crippen LogP contribution in [-0.4, -0.2) is 36.0 Å². The van der Waals surface area contributed by atoms with Crippen LogP contribution in [0, 0.1) is 5.92 Å². The molecule has 2 bridgehead atoms. The van der Waals surface area contributed by atoms with E-state index < -0.39 is 0 Å². The minimum absolute atomic E-state index is 0.0468. The normalized spacial score (nSPS) is 23.4. The number of rotatable bonds is 4. The molecule has 0 aliphatic carbocycles. The maximum atomic E-state index is 13.9. The van der Waals surface area contributed by atoms with Gasteiger partial charge in [0.25, 0.3) is 0 Å². The molecule has 0 N–H and O–H groups in total. The van der Waals surface area contributed by atoms with Crippen LogP contribution in [0.4, 0.5) is 0 Å². The monoisotopic (exact) mass is 421 g/mol. The highest BCUT2D eigenvalue weighted by molar-refractivity contribution is 6.18. The third-order valence-electron chi connectivity index (χ3n) is 7.28. The number of morpholine rings is 1. The van der Waals surface area contributed by atoms with Crippen molar-refractivity contribution in [1.29, 1.82) is 0 Å². The van der Waals surface area contributed by atoms with Crippen molar-refractivity contribution in [2.45, 2.75) is 31.5 Å². The molecule has 0 aromatic heterocycles. The molecule has 3 nitrogen and oxygen atoms in total. The molecule has 2 saturated heterocycles. The molecule has 32 heavy (non-hydrogen) atoms. The summed E-state index contributed by atoms with van der Waals surface area (Å²) in [4.78, 5) is 16.5. The van der Waals surface area contributed by atoms with E-state index in [1.165, 1.54) is 16.3 Å². The van der Waals surface area contributed by atoms with Crippen LogP contribution in [0.3, 0.4) is 0 Å². The van der Waals surface area contributed by atoms with Gasteiger partial charge in [-0.3, -0.25) is 9.69 Å². The maximum Gasteiger partial charge on any atom is 0.166 e. The molecule has 0 saturated carbocycles. The molecule has 0 amide bonds. The summed E-state index contributed by atoms with van der Waals surface area (Å²) in [6, 6.07) is 30.1. The zero-order valence-electron chi connectivity index (χ0n) is 18.1. The number of ketones is 1. The van der Waals surface area contributed by atoms with Gasteiger partial charge in [-0.1, -0.05) is 78.9 Å². The van der Waals surface area contributed by atoms with Crippen molar-refractivity contribution in [2.24, 2.45) is 5.92 Å². The third kappa shape index (κ3) is 3.42. The first kappa shape index (κ1) is 19.7. The van der Waals surface area contributed by atoms with Crippen LogP contribution < -0.4 is 0 Å². The van der Waals surface area contributed by atoms with E-state index in [2.05, 4.69) is 83.8 Å². The van der Waals surface area contributed by atoms with Crippen molar-refractivity contribution in [3.63, 3.8) is 0 Å². The molecule has 2 fully saturated rings. The van der Waals surface area contributed by atoms with Gasteiger partial charge in [-0.15, -0.1) is 0 Å².